The van der Waals surface area contributed by atoms with Crippen molar-refractivity contribution in [3.8, 4) is 5.75 Å². The lowest BCUT2D eigenvalue weighted by atomic mass is 10.2. The highest BCUT2D eigenvalue weighted by Crippen LogP contribution is 2.38. The topological polar surface area (TPSA) is 39.2 Å². The van der Waals surface area contributed by atoms with Crippen LogP contribution >= 0.6 is 11.6 Å². The van der Waals surface area contributed by atoms with Gasteiger partial charge in [0.1, 0.15) is 0 Å². The molecule has 1 aromatic heterocycles. The Kier molecular flexibility index (Phi) is 4.28. The fraction of sp³-hybridized carbons (Fsp3) is 0.333. The number of hydrogen-bond acceptors (Lipinski definition) is 3. The van der Waals surface area contributed by atoms with E-state index in [1.807, 2.05) is 0 Å². The van der Waals surface area contributed by atoms with Crippen LogP contribution in [0.15, 0.2) is 6.07 Å². The molecule has 19 heavy (non-hydrogen) atoms. The molecule has 0 aliphatic rings. The molecule has 106 valence electrons. The predicted octanol–water partition coefficient (Wildman–Crippen LogP) is 3.55. The molecule has 1 aromatic rings. The van der Waals surface area contributed by atoms with Gasteiger partial charge in [-0.05, 0) is 6.07 Å². The van der Waals surface area contributed by atoms with Gasteiger partial charge >= 0.3 is 12.5 Å². The molecule has 0 unspecified atom stereocenters. The summed E-state index contributed by atoms with van der Waals surface area (Å²) < 4.78 is 76.8. The Labute approximate surface area is 107 Å². The molecule has 0 aromatic carbocycles. The lowest BCUT2D eigenvalue weighted by Crippen LogP contribution is -2.22. The maximum atomic E-state index is 12.5. The largest absolute Gasteiger partial charge is 0.573 e. The summed E-state index contributed by atoms with van der Waals surface area (Å²) >= 11 is 5.27. The summed E-state index contributed by atoms with van der Waals surface area (Å²) in [5, 5.41) is 0. The van der Waals surface area contributed by atoms with Crippen molar-refractivity contribution in [3.63, 3.8) is 0 Å². The Hall–Kier alpha value is -1.51. The fourth-order valence-corrected chi connectivity index (χ4v) is 1.38. The zero-order valence-electron chi connectivity index (χ0n) is 8.77. The number of alkyl halides is 7. The molecule has 0 atom stereocenters. The van der Waals surface area contributed by atoms with Crippen LogP contribution in [0.2, 0.25) is 0 Å². The Balaban J connectivity index is 3.45. The van der Waals surface area contributed by atoms with E-state index in [4.69, 9.17) is 11.6 Å². The van der Waals surface area contributed by atoms with Gasteiger partial charge in [-0.25, -0.2) is 4.98 Å². The molecule has 3 nitrogen and oxygen atoms in total. The van der Waals surface area contributed by atoms with Crippen LogP contribution in [0.25, 0.3) is 0 Å². The summed E-state index contributed by atoms with van der Waals surface area (Å²) in [7, 11) is 0. The Morgan fingerprint density at radius 3 is 2.21 bits per heavy atom. The van der Waals surface area contributed by atoms with Gasteiger partial charge in [0.05, 0.1) is 11.6 Å². The number of halogens is 7. The van der Waals surface area contributed by atoms with Crippen LogP contribution in [0.3, 0.4) is 0 Å². The quantitative estimate of drug-likeness (QED) is 0.487. The molecule has 0 bridgehead atoms. The minimum Gasteiger partial charge on any atom is -0.403 e. The zero-order chi connectivity index (χ0) is 14.8. The number of aromatic nitrogens is 1. The van der Waals surface area contributed by atoms with Gasteiger partial charge in [-0.2, -0.15) is 13.2 Å². The number of aldehydes is 1. The van der Waals surface area contributed by atoms with Gasteiger partial charge in [-0.3, -0.25) is 4.79 Å². The first-order valence-corrected chi connectivity index (χ1v) is 5.00. The van der Waals surface area contributed by atoms with Crippen molar-refractivity contribution in [2.45, 2.75) is 18.4 Å². The van der Waals surface area contributed by atoms with Crippen molar-refractivity contribution in [1.82, 2.24) is 4.98 Å². The third kappa shape index (κ3) is 3.98. The smallest absolute Gasteiger partial charge is 0.403 e. The third-order valence-corrected chi connectivity index (χ3v) is 2.10. The number of carbonyl (C=O) groups excluding carboxylic acids is 1. The van der Waals surface area contributed by atoms with Gasteiger partial charge in [-0.1, -0.05) is 0 Å². The molecule has 0 fully saturated rings. The summed E-state index contributed by atoms with van der Waals surface area (Å²) in [5.74, 6) is -2.17. The summed E-state index contributed by atoms with van der Waals surface area (Å²) in [6, 6.07) is 0.300. The molecule has 0 saturated heterocycles. The predicted molar refractivity (Wildman–Crippen MR) is 50.9 cm³/mol. The number of ether oxygens (including phenoxy) is 1. The normalized spacial score (nSPS) is 12.4. The van der Waals surface area contributed by atoms with Crippen LogP contribution in [0.1, 0.15) is 21.7 Å². The van der Waals surface area contributed by atoms with Crippen molar-refractivity contribution in [2.24, 2.45) is 0 Å². The maximum absolute atomic E-state index is 12.5. The van der Waals surface area contributed by atoms with Crippen molar-refractivity contribution < 1.29 is 35.9 Å². The molecule has 10 heteroatoms. The molecule has 0 spiro atoms. The van der Waals surface area contributed by atoms with Crippen LogP contribution in [0.4, 0.5) is 26.3 Å². The second kappa shape index (κ2) is 5.24. The summed E-state index contributed by atoms with van der Waals surface area (Å²) in [6.45, 7) is 0. The highest BCUT2D eigenvalue weighted by molar-refractivity contribution is 6.17. The van der Waals surface area contributed by atoms with E-state index in [2.05, 4.69) is 9.72 Å². The molecular formula is C9H4ClF6NO2. The standard InChI is InChI=1S/C9H4ClF6NO2/c10-2-5-4(3-18)1-6(19-9(14,15)16)7(17-5)8(11,12)13/h1,3H,2H2. The number of pyridine rings is 1. The van der Waals surface area contributed by atoms with Crippen molar-refractivity contribution in [2.75, 3.05) is 0 Å². The van der Waals surface area contributed by atoms with Gasteiger partial charge in [0.15, 0.2) is 17.7 Å². The first-order valence-electron chi connectivity index (χ1n) is 4.46. The van der Waals surface area contributed by atoms with Gasteiger partial charge < -0.3 is 4.74 Å². The summed E-state index contributed by atoms with van der Waals surface area (Å²) in [6.07, 6.45) is -10.5. The Morgan fingerprint density at radius 2 is 1.84 bits per heavy atom. The van der Waals surface area contributed by atoms with Crippen molar-refractivity contribution in [1.29, 1.82) is 0 Å². The van der Waals surface area contributed by atoms with Crippen molar-refractivity contribution >= 4 is 17.9 Å². The number of carbonyl (C=O) groups is 1. The van der Waals surface area contributed by atoms with E-state index in [1.54, 1.807) is 0 Å². The number of nitrogens with zero attached hydrogens (tertiary/aromatic N) is 1. The molecule has 1 rings (SSSR count). The van der Waals surface area contributed by atoms with Gasteiger partial charge in [-0.15, -0.1) is 24.8 Å². The lowest BCUT2D eigenvalue weighted by Gasteiger charge is -2.16. The average Bonchev–Trinajstić information content (AvgIpc) is 2.24. The molecule has 0 amide bonds. The number of hydrogen-bond donors (Lipinski definition) is 0. The van der Waals surface area contributed by atoms with Gasteiger partial charge in [0.25, 0.3) is 0 Å². The van der Waals surface area contributed by atoms with E-state index in [-0.39, 0.29) is 6.29 Å². The first kappa shape index (κ1) is 15.5. The SMILES string of the molecule is O=Cc1cc(OC(F)(F)F)c(C(F)(F)F)nc1CCl. The summed E-state index contributed by atoms with van der Waals surface area (Å²) in [5.41, 5.74) is -2.90. The molecular weight excluding hydrogens is 304 g/mol. The molecule has 0 radical (unpaired) electrons. The highest BCUT2D eigenvalue weighted by Gasteiger charge is 2.41. The molecule has 1 heterocycles. The summed E-state index contributed by atoms with van der Waals surface area (Å²) in [4.78, 5) is 13.5. The van der Waals surface area contributed by atoms with Crippen molar-refractivity contribution in [3.05, 3.63) is 23.0 Å². The van der Waals surface area contributed by atoms with Crippen LogP contribution < -0.4 is 4.74 Å². The van der Waals surface area contributed by atoms with E-state index in [9.17, 15) is 31.1 Å². The zero-order valence-corrected chi connectivity index (χ0v) is 9.53. The van der Waals surface area contributed by atoms with E-state index >= 15 is 0 Å². The maximum Gasteiger partial charge on any atom is 0.573 e. The van der Waals surface area contributed by atoms with Gasteiger partial charge in [0, 0.05) is 5.56 Å². The molecule has 0 aliphatic carbocycles. The fourth-order valence-electron chi connectivity index (χ4n) is 1.16. The van der Waals surface area contributed by atoms with Crippen LogP contribution in [0.5, 0.6) is 5.75 Å². The monoisotopic (exact) mass is 307 g/mol. The van der Waals surface area contributed by atoms with E-state index < -0.39 is 41.1 Å². The van der Waals surface area contributed by atoms with E-state index in [0.29, 0.717) is 6.07 Å². The molecule has 0 aliphatic heterocycles. The first-order chi connectivity index (χ1) is 8.58. The van der Waals surface area contributed by atoms with E-state index in [0.717, 1.165) is 0 Å². The van der Waals surface area contributed by atoms with Gasteiger partial charge in [0.2, 0.25) is 0 Å². The minimum atomic E-state index is -5.34. The lowest BCUT2D eigenvalue weighted by molar-refractivity contribution is -0.276. The van der Waals surface area contributed by atoms with E-state index in [1.165, 1.54) is 0 Å². The van der Waals surface area contributed by atoms with Crippen LogP contribution in [0, 0.1) is 0 Å². The second-order valence-electron chi connectivity index (χ2n) is 3.17. The van der Waals surface area contributed by atoms with Crippen LogP contribution in [-0.2, 0) is 12.1 Å². The molecule has 0 N–H and O–H groups in total. The van der Waals surface area contributed by atoms with Crippen LogP contribution in [-0.4, -0.2) is 17.6 Å². The number of rotatable bonds is 3. The highest BCUT2D eigenvalue weighted by atomic mass is 35.5. The third-order valence-electron chi connectivity index (χ3n) is 1.85. The Morgan fingerprint density at radius 1 is 1.26 bits per heavy atom. The second-order valence-corrected chi connectivity index (χ2v) is 3.44. The minimum absolute atomic E-state index is 0.0358. The molecule has 0 saturated carbocycles. The Bertz CT molecular complexity index is 485. The average molecular weight is 308 g/mol.